The molecule has 2 aromatic rings. The molecule has 0 heterocycles. The van der Waals surface area contributed by atoms with Gasteiger partial charge in [-0.1, -0.05) is 30.3 Å². The van der Waals surface area contributed by atoms with Crippen LogP contribution in [0.2, 0.25) is 0 Å². The summed E-state index contributed by atoms with van der Waals surface area (Å²) < 4.78 is 5.08. The number of ether oxygens (including phenoxy) is 1. The third kappa shape index (κ3) is 2.85. The fourth-order valence-electron chi connectivity index (χ4n) is 1.80. The van der Waals surface area contributed by atoms with Crippen molar-refractivity contribution in [2.24, 2.45) is 0 Å². The molecular formula is C14H13NO3. The van der Waals surface area contributed by atoms with Crippen molar-refractivity contribution in [3.8, 4) is 5.75 Å². The van der Waals surface area contributed by atoms with E-state index in [4.69, 9.17) is 4.74 Å². The van der Waals surface area contributed by atoms with Crippen molar-refractivity contribution in [3.05, 3.63) is 69.8 Å². The number of non-ortho nitro benzene ring substituents is 1. The molecule has 0 aromatic heterocycles. The van der Waals surface area contributed by atoms with E-state index in [1.54, 1.807) is 6.07 Å². The molecule has 4 nitrogen and oxygen atoms in total. The summed E-state index contributed by atoms with van der Waals surface area (Å²) in [5.74, 6) is 0.509. The topological polar surface area (TPSA) is 52.4 Å². The third-order valence-electron chi connectivity index (χ3n) is 2.65. The highest BCUT2D eigenvalue weighted by Crippen LogP contribution is 2.24. The van der Waals surface area contributed by atoms with E-state index < -0.39 is 4.92 Å². The van der Waals surface area contributed by atoms with E-state index in [-0.39, 0.29) is 5.69 Å². The molecule has 4 heteroatoms. The maximum atomic E-state index is 10.8. The van der Waals surface area contributed by atoms with Gasteiger partial charge in [0.05, 0.1) is 18.1 Å². The van der Waals surface area contributed by atoms with E-state index in [1.165, 1.54) is 13.2 Å². The molecule has 0 unspecified atom stereocenters. The molecule has 0 saturated carbocycles. The van der Waals surface area contributed by atoms with Crippen LogP contribution in [0.25, 0.3) is 0 Å². The molecule has 0 fully saturated rings. The van der Waals surface area contributed by atoms with Gasteiger partial charge < -0.3 is 4.74 Å². The van der Waals surface area contributed by atoms with Crippen LogP contribution >= 0.6 is 0 Å². The fraction of sp³-hybridized carbons (Fsp3) is 0.143. The van der Waals surface area contributed by atoms with Gasteiger partial charge in [-0.05, 0) is 23.6 Å². The van der Waals surface area contributed by atoms with Crippen LogP contribution < -0.4 is 4.74 Å². The second-order valence-electron chi connectivity index (χ2n) is 3.96. The Morgan fingerprint density at radius 2 is 1.83 bits per heavy atom. The molecule has 0 aliphatic rings. The summed E-state index contributed by atoms with van der Waals surface area (Å²) in [4.78, 5) is 10.4. The smallest absolute Gasteiger partial charge is 0.273 e. The molecule has 2 rings (SSSR count). The summed E-state index contributed by atoms with van der Waals surface area (Å²) in [5.41, 5.74) is 2.03. The van der Waals surface area contributed by atoms with Gasteiger partial charge in [0.15, 0.2) is 0 Å². The van der Waals surface area contributed by atoms with Crippen molar-refractivity contribution in [1.82, 2.24) is 0 Å². The molecule has 0 N–H and O–H groups in total. The van der Waals surface area contributed by atoms with Gasteiger partial charge in [0.25, 0.3) is 5.69 Å². The van der Waals surface area contributed by atoms with Crippen LogP contribution in [0.15, 0.2) is 48.5 Å². The minimum absolute atomic E-state index is 0.0558. The Bertz CT molecular complexity index is 552. The van der Waals surface area contributed by atoms with Crippen LogP contribution in [0.5, 0.6) is 5.75 Å². The molecule has 18 heavy (non-hydrogen) atoms. The van der Waals surface area contributed by atoms with Crippen molar-refractivity contribution in [2.45, 2.75) is 6.42 Å². The number of methoxy groups -OCH3 is 1. The summed E-state index contributed by atoms with van der Waals surface area (Å²) in [6.45, 7) is 0. The number of rotatable bonds is 4. The standard InChI is InChI=1S/C14H13NO3/c1-18-14-9-12(8-13(10-14)15(16)17)7-11-5-3-2-4-6-11/h2-6,8-10H,7H2,1H3. The molecule has 0 saturated heterocycles. The van der Waals surface area contributed by atoms with E-state index in [0.29, 0.717) is 12.2 Å². The monoisotopic (exact) mass is 243 g/mol. The average molecular weight is 243 g/mol. The SMILES string of the molecule is COc1cc(Cc2ccccc2)cc([N+](=O)[O-])c1. The average Bonchev–Trinajstić information content (AvgIpc) is 2.39. The van der Waals surface area contributed by atoms with Gasteiger partial charge in [0.2, 0.25) is 0 Å². The molecule has 2 aromatic carbocycles. The Balaban J connectivity index is 2.32. The second kappa shape index (κ2) is 5.31. The van der Waals surface area contributed by atoms with E-state index in [9.17, 15) is 10.1 Å². The van der Waals surface area contributed by atoms with E-state index in [2.05, 4.69) is 0 Å². The summed E-state index contributed by atoms with van der Waals surface area (Å²) in [5, 5.41) is 10.8. The van der Waals surface area contributed by atoms with Crippen molar-refractivity contribution in [1.29, 1.82) is 0 Å². The van der Waals surface area contributed by atoms with Crippen molar-refractivity contribution >= 4 is 5.69 Å². The maximum Gasteiger partial charge on any atom is 0.273 e. The lowest BCUT2D eigenvalue weighted by atomic mass is 10.0. The Morgan fingerprint density at radius 3 is 2.44 bits per heavy atom. The molecule has 92 valence electrons. The van der Waals surface area contributed by atoms with Gasteiger partial charge >= 0.3 is 0 Å². The van der Waals surface area contributed by atoms with Crippen LogP contribution in [-0.4, -0.2) is 12.0 Å². The molecular weight excluding hydrogens is 230 g/mol. The highest BCUT2D eigenvalue weighted by molar-refractivity contribution is 5.44. The van der Waals surface area contributed by atoms with Crippen molar-refractivity contribution < 1.29 is 9.66 Å². The highest BCUT2D eigenvalue weighted by Gasteiger charge is 2.10. The number of hydrogen-bond acceptors (Lipinski definition) is 3. The predicted octanol–water partition coefficient (Wildman–Crippen LogP) is 3.19. The summed E-state index contributed by atoms with van der Waals surface area (Å²) in [6, 6.07) is 14.6. The first-order chi connectivity index (χ1) is 8.69. The van der Waals surface area contributed by atoms with Gasteiger partial charge in [-0.15, -0.1) is 0 Å². The summed E-state index contributed by atoms with van der Waals surface area (Å²) in [7, 11) is 1.51. The van der Waals surface area contributed by atoms with Crippen molar-refractivity contribution in [3.63, 3.8) is 0 Å². The Kier molecular flexibility index (Phi) is 3.57. The van der Waals surface area contributed by atoms with Crippen molar-refractivity contribution in [2.75, 3.05) is 7.11 Å². The largest absolute Gasteiger partial charge is 0.496 e. The zero-order valence-electron chi connectivity index (χ0n) is 10.00. The lowest BCUT2D eigenvalue weighted by Gasteiger charge is -2.05. The zero-order valence-corrected chi connectivity index (χ0v) is 10.00. The first-order valence-electron chi connectivity index (χ1n) is 5.55. The molecule has 0 atom stereocenters. The van der Waals surface area contributed by atoms with Gasteiger partial charge in [0, 0.05) is 6.07 Å². The Hall–Kier alpha value is -2.36. The lowest BCUT2D eigenvalue weighted by molar-refractivity contribution is -0.385. The quantitative estimate of drug-likeness (QED) is 0.612. The van der Waals surface area contributed by atoms with Gasteiger partial charge in [-0.25, -0.2) is 0 Å². The van der Waals surface area contributed by atoms with E-state index in [1.807, 2.05) is 36.4 Å². The molecule has 0 amide bonds. The number of hydrogen-bond donors (Lipinski definition) is 0. The fourth-order valence-corrected chi connectivity index (χ4v) is 1.80. The minimum atomic E-state index is -0.406. The van der Waals surface area contributed by atoms with Crippen LogP contribution in [0.4, 0.5) is 5.69 Å². The van der Waals surface area contributed by atoms with Crippen LogP contribution in [0.3, 0.4) is 0 Å². The van der Waals surface area contributed by atoms with Gasteiger partial charge in [0.1, 0.15) is 5.75 Å². The number of nitro groups is 1. The first-order valence-corrected chi connectivity index (χ1v) is 5.55. The maximum absolute atomic E-state index is 10.8. The predicted molar refractivity (Wildman–Crippen MR) is 68.9 cm³/mol. The number of nitrogens with zero attached hydrogens (tertiary/aromatic N) is 1. The van der Waals surface area contributed by atoms with Crippen LogP contribution in [0.1, 0.15) is 11.1 Å². The zero-order chi connectivity index (χ0) is 13.0. The summed E-state index contributed by atoms with van der Waals surface area (Å²) in [6.07, 6.45) is 0.652. The van der Waals surface area contributed by atoms with Gasteiger partial charge in [-0.3, -0.25) is 10.1 Å². The third-order valence-corrected chi connectivity index (χ3v) is 2.65. The molecule has 0 radical (unpaired) electrons. The highest BCUT2D eigenvalue weighted by atomic mass is 16.6. The van der Waals surface area contributed by atoms with Crippen LogP contribution in [-0.2, 0) is 6.42 Å². The van der Waals surface area contributed by atoms with E-state index in [0.717, 1.165) is 11.1 Å². The Morgan fingerprint density at radius 1 is 1.11 bits per heavy atom. The van der Waals surface area contributed by atoms with Gasteiger partial charge in [-0.2, -0.15) is 0 Å². The summed E-state index contributed by atoms with van der Waals surface area (Å²) >= 11 is 0. The van der Waals surface area contributed by atoms with E-state index >= 15 is 0 Å². The molecule has 0 aliphatic carbocycles. The van der Waals surface area contributed by atoms with Crippen LogP contribution in [0, 0.1) is 10.1 Å². The second-order valence-corrected chi connectivity index (χ2v) is 3.96. The number of benzene rings is 2. The normalized spacial score (nSPS) is 10.1. The first kappa shape index (κ1) is 12.1. The molecule has 0 spiro atoms. The lowest BCUT2D eigenvalue weighted by Crippen LogP contribution is -1.94. The molecule has 0 bridgehead atoms. The number of nitro benzene ring substituents is 1. The Labute approximate surface area is 105 Å². The minimum Gasteiger partial charge on any atom is -0.496 e. The molecule has 0 aliphatic heterocycles.